The Morgan fingerprint density at radius 2 is 1.93 bits per heavy atom. The lowest BCUT2D eigenvalue weighted by atomic mass is 9.86. The zero-order valence-corrected chi connectivity index (χ0v) is 18.7. The van der Waals surface area contributed by atoms with E-state index in [-0.39, 0.29) is 11.2 Å². The highest BCUT2D eigenvalue weighted by molar-refractivity contribution is 9.10. The lowest BCUT2D eigenvalue weighted by Crippen LogP contribution is -2.10. The van der Waals surface area contributed by atoms with Crippen molar-refractivity contribution in [2.45, 2.75) is 38.3 Å². The molecule has 2 heterocycles. The van der Waals surface area contributed by atoms with Crippen LogP contribution in [0.15, 0.2) is 40.2 Å². The molecule has 27 heavy (non-hydrogen) atoms. The van der Waals surface area contributed by atoms with E-state index in [9.17, 15) is 4.79 Å². The van der Waals surface area contributed by atoms with E-state index in [0.29, 0.717) is 9.89 Å². The smallest absolute Gasteiger partial charge is 0.313 e. The molecule has 3 aromatic rings. The summed E-state index contributed by atoms with van der Waals surface area (Å²) in [5.74, 6) is -0.941. The van der Waals surface area contributed by atoms with Crippen LogP contribution in [0.3, 0.4) is 0 Å². The molecule has 1 aromatic carbocycles. The number of thiophene rings is 1. The van der Waals surface area contributed by atoms with Crippen LogP contribution in [-0.4, -0.2) is 31.6 Å². The van der Waals surface area contributed by atoms with Gasteiger partial charge in [0.05, 0.1) is 5.75 Å². The van der Waals surface area contributed by atoms with Crippen molar-refractivity contribution in [1.82, 2.24) is 14.8 Å². The van der Waals surface area contributed by atoms with Crippen molar-refractivity contribution in [3.05, 3.63) is 46.2 Å². The molecule has 0 spiro atoms. The van der Waals surface area contributed by atoms with Crippen LogP contribution in [0.25, 0.3) is 15.4 Å². The number of carboxylic acids is 1. The minimum absolute atomic E-state index is 0.0589. The Balaban J connectivity index is 1.96. The van der Waals surface area contributed by atoms with Gasteiger partial charge in [0.25, 0.3) is 0 Å². The zero-order chi connectivity index (χ0) is 19.8. The Morgan fingerprint density at radius 1 is 1.26 bits per heavy atom. The van der Waals surface area contributed by atoms with Gasteiger partial charge in [-0.3, -0.25) is 9.36 Å². The van der Waals surface area contributed by atoms with E-state index >= 15 is 0 Å². The number of carbonyl (C=O) groups is 1. The lowest BCUT2D eigenvalue weighted by Gasteiger charge is -2.19. The largest absolute Gasteiger partial charge is 0.481 e. The normalized spacial score (nSPS) is 11.7. The number of hydrogen-bond acceptors (Lipinski definition) is 5. The van der Waals surface area contributed by atoms with Crippen molar-refractivity contribution in [3.63, 3.8) is 0 Å². The quantitative estimate of drug-likeness (QED) is 0.500. The maximum atomic E-state index is 10.9. The van der Waals surface area contributed by atoms with Crippen LogP contribution in [0.4, 0.5) is 0 Å². The van der Waals surface area contributed by atoms with Gasteiger partial charge in [0.15, 0.2) is 5.16 Å². The predicted molar refractivity (Wildman–Crippen MR) is 114 cm³/mol. The summed E-state index contributed by atoms with van der Waals surface area (Å²) in [6.45, 7) is 8.69. The number of hydrogen-bond donors (Lipinski definition) is 1. The first-order valence-electron chi connectivity index (χ1n) is 8.34. The number of nitrogens with zero attached hydrogens (tertiary/aromatic N) is 3. The third-order valence-corrected chi connectivity index (χ3v) is 6.76. The van der Waals surface area contributed by atoms with Crippen LogP contribution >= 0.6 is 39.0 Å². The summed E-state index contributed by atoms with van der Waals surface area (Å²) in [6, 6.07) is 10.7. The molecule has 0 saturated heterocycles. The van der Waals surface area contributed by atoms with E-state index in [2.05, 4.69) is 84.2 Å². The minimum atomic E-state index is -0.882. The number of carboxylic acid groups (broad SMARTS) is 1. The van der Waals surface area contributed by atoms with Crippen LogP contribution in [0.5, 0.6) is 0 Å². The highest BCUT2D eigenvalue weighted by Gasteiger charge is 2.18. The Morgan fingerprint density at radius 3 is 2.52 bits per heavy atom. The van der Waals surface area contributed by atoms with Gasteiger partial charge < -0.3 is 5.11 Å². The van der Waals surface area contributed by atoms with E-state index in [0.717, 1.165) is 22.3 Å². The summed E-state index contributed by atoms with van der Waals surface area (Å²) in [7, 11) is 0. The number of aliphatic carboxylic acids is 1. The summed E-state index contributed by atoms with van der Waals surface area (Å²) < 4.78 is 2.41. The van der Waals surface area contributed by atoms with Crippen LogP contribution in [0.2, 0.25) is 0 Å². The van der Waals surface area contributed by atoms with Crippen molar-refractivity contribution in [2.24, 2.45) is 0 Å². The van der Waals surface area contributed by atoms with Crippen LogP contribution in [0.1, 0.15) is 31.9 Å². The lowest BCUT2D eigenvalue weighted by molar-refractivity contribution is -0.133. The summed E-state index contributed by atoms with van der Waals surface area (Å²) in [4.78, 5) is 12.1. The van der Waals surface area contributed by atoms with Gasteiger partial charge in [0.2, 0.25) is 4.73 Å². The first-order valence-corrected chi connectivity index (χ1v) is 10.9. The Bertz CT molecular complexity index is 972. The number of aromatic nitrogens is 3. The van der Waals surface area contributed by atoms with Crippen molar-refractivity contribution in [3.8, 4) is 15.4 Å². The van der Waals surface area contributed by atoms with Gasteiger partial charge >= 0.3 is 5.97 Å². The van der Waals surface area contributed by atoms with Crippen molar-refractivity contribution < 1.29 is 9.90 Å². The molecule has 0 fully saturated rings. The molecule has 5 nitrogen and oxygen atoms in total. The average molecular weight is 466 g/mol. The van der Waals surface area contributed by atoms with E-state index in [1.54, 1.807) is 11.3 Å². The predicted octanol–water partition coefficient (Wildman–Crippen LogP) is 5.54. The van der Waals surface area contributed by atoms with Crippen LogP contribution in [-0.2, 0) is 10.2 Å². The Hall–Kier alpha value is -1.64. The van der Waals surface area contributed by atoms with Gasteiger partial charge in [0, 0.05) is 4.88 Å². The standard InChI is InChI=1S/C19H20BrN3O2S2/c1-11-9-14(23-17(20)21-22-18(23)26-10-15(24)25)27-16(11)12-5-7-13(8-6-12)19(2,3)4/h5-9H,10H2,1-4H3,(H,24,25). The highest BCUT2D eigenvalue weighted by atomic mass is 79.9. The Labute approximate surface area is 175 Å². The molecule has 0 unspecified atom stereocenters. The fourth-order valence-corrected chi connectivity index (χ4v) is 5.22. The second-order valence-corrected chi connectivity index (χ2v) is 9.88. The van der Waals surface area contributed by atoms with Gasteiger partial charge in [-0.15, -0.1) is 21.5 Å². The molecular weight excluding hydrogens is 446 g/mol. The van der Waals surface area contributed by atoms with Crippen molar-refractivity contribution >= 4 is 45.0 Å². The first kappa shape index (κ1) is 20.1. The zero-order valence-electron chi connectivity index (χ0n) is 15.5. The molecule has 0 radical (unpaired) electrons. The summed E-state index contributed by atoms with van der Waals surface area (Å²) in [5, 5.41) is 18.6. The van der Waals surface area contributed by atoms with Crippen LogP contribution < -0.4 is 0 Å². The third kappa shape index (κ3) is 4.44. The molecule has 0 atom stereocenters. The number of thioether (sulfide) groups is 1. The monoisotopic (exact) mass is 465 g/mol. The minimum Gasteiger partial charge on any atom is -0.481 e. The maximum absolute atomic E-state index is 10.9. The molecule has 0 aliphatic heterocycles. The van der Waals surface area contributed by atoms with Crippen LogP contribution in [0, 0.1) is 6.92 Å². The molecule has 142 valence electrons. The second kappa shape index (κ2) is 7.77. The SMILES string of the molecule is Cc1cc(-n2c(Br)nnc2SCC(=O)O)sc1-c1ccc(C(C)(C)C)cc1. The third-order valence-electron chi connectivity index (χ3n) is 4.06. The molecular formula is C19H20BrN3O2S2. The topological polar surface area (TPSA) is 68.0 Å². The van der Waals surface area contributed by atoms with E-state index in [1.807, 2.05) is 4.57 Å². The summed E-state index contributed by atoms with van der Waals surface area (Å²) in [5.41, 5.74) is 3.75. The van der Waals surface area contributed by atoms with Crippen molar-refractivity contribution in [2.75, 3.05) is 5.75 Å². The number of rotatable bonds is 5. The molecule has 0 aliphatic carbocycles. The molecule has 0 aliphatic rings. The molecule has 3 rings (SSSR count). The second-order valence-electron chi connectivity index (χ2n) is 7.19. The van der Waals surface area contributed by atoms with Crippen molar-refractivity contribution in [1.29, 1.82) is 0 Å². The molecule has 0 bridgehead atoms. The van der Waals surface area contributed by atoms with Gasteiger partial charge in [-0.1, -0.05) is 56.8 Å². The van der Waals surface area contributed by atoms with Gasteiger partial charge in [-0.2, -0.15) is 0 Å². The van der Waals surface area contributed by atoms with E-state index in [4.69, 9.17) is 5.11 Å². The van der Waals surface area contributed by atoms with Gasteiger partial charge in [0.1, 0.15) is 5.00 Å². The Kier molecular flexibility index (Phi) is 5.79. The molecule has 1 N–H and O–H groups in total. The maximum Gasteiger partial charge on any atom is 0.313 e. The summed E-state index contributed by atoms with van der Waals surface area (Å²) in [6.07, 6.45) is 0. The average Bonchev–Trinajstić information content (AvgIpc) is 3.14. The number of halogens is 1. The fraction of sp³-hybridized carbons (Fsp3) is 0.316. The van der Waals surface area contributed by atoms with E-state index in [1.165, 1.54) is 16.0 Å². The summed E-state index contributed by atoms with van der Waals surface area (Å²) >= 11 is 6.21. The number of benzene rings is 1. The van der Waals surface area contributed by atoms with E-state index < -0.39 is 5.97 Å². The fourth-order valence-electron chi connectivity index (χ4n) is 2.64. The molecule has 0 saturated carbocycles. The molecule has 2 aromatic heterocycles. The highest BCUT2D eigenvalue weighted by Crippen LogP contribution is 2.38. The van der Waals surface area contributed by atoms with Gasteiger partial charge in [-0.05, 0) is 51.0 Å². The first-order chi connectivity index (χ1) is 12.7. The molecule has 8 heteroatoms. The van der Waals surface area contributed by atoms with Gasteiger partial charge in [-0.25, -0.2) is 0 Å². The number of aryl methyl sites for hydroxylation is 1. The molecule has 0 amide bonds.